The van der Waals surface area contributed by atoms with Crippen molar-refractivity contribution in [1.29, 1.82) is 0 Å². The number of halogens is 1. The number of aromatic nitrogens is 1. The van der Waals surface area contributed by atoms with E-state index < -0.39 is 0 Å². The number of hydrogen-bond acceptors (Lipinski definition) is 5. The number of hydrazine groups is 1. The number of nitrogens with zero attached hydrogens (tertiary/aromatic N) is 1. The van der Waals surface area contributed by atoms with E-state index in [9.17, 15) is 4.39 Å². The van der Waals surface area contributed by atoms with Crippen molar-refractivity contribution < 1.29 is 4.39 Å². The van der Waals surface area contributed by atoms with E-state index in [-0.39, 0.29) is 11.9 Å². The van der Waals surface area contributed by atoms with Crippen molar-refractivity contribution in [2.45, 2.75) is 24.3 Å². The maximum Gasteiger partial charge on any atom is 0.136 e. The predicted octanol–water partition coefficient (Wildman–Crippen LogP) is 2.76. The van der Waals surface area contributed by atoms with E-state index in [1.165, 1.54) is 17.8 Å². The Morgan fingerprint density at radius 1 is 1.47 bits per heavy atom. The highest BCUT2D eigenvalue weighted by molar-refractivity contribution is 7.99. The van der Waals surface area contributed by atoms with Crippen LogP contribution in [-0.2, 0) is 6.42 Å². The molecule has 1 aromatic carbocycles. The quantitative estimate of drug-likeness (QED) is 0.489. The Kier molecular flexibility index (Phi) is 5.33. The maximum atomic E-state index is 13.5. The summed E-state index contributed by atoms with van der Waals surface area (Å²) in [6.45, 7) is 1.97. The number of nitrogens with one attached hydrogen (secondary N) is 1. The van der Waals surface area contributed by atoms with Crippen molar-refractivity contribution in [2.24, 2.45) is 5.84 Å². The molecular formula is C13H16FN3S2. The van der Waals surface area contributed by atoms with Crippen LogP contribution in [0.5, 0.6) is 0 Å². The second-order valence-electron chi connectivity index (χ2n) is 4.19. The van der Waals surface area contributed by atoms with Gasteiger partial charge in [0.2, 0.25) is 0 Å². The molecule has 3 N–H and O–H groups in total. The van der Waals surface area contributed by atoms with Gasteiger partial charge >= 0.3 is 0 Å². The van der Waals surface area contributed by atoms with Gasteiger partial charge in [0.15, 0.2) is 0 Å². The fourth-order valence-corrected chi connectivity index (χ4v) is 3.45. The van der Waals surface area contributed by atoms with Crippen LogP contribution in [0.3, 0.4) is 0 Å². The van der Waals surface area contributed by atoms with E-state index in [1.807, 2.05) is 18.4 Å². The lowest BCUT2D eigenvalue weighted by Gasteiger charge is -2.14. The normalized spacial score (nSPS) is 12.6. The largest absolute Gasteiger partial charge is 0.271 e. The average molecular weight is 297 g/mol. The van der Waals surface area contributed by atoms with Crippen LogP contribution in [0, 0.1) is 12.7 Å². The highest BCUT2D eigenvalue weighted by Crippen LogP contribution is 2.23. The fourth-order valence-electron chi connectivity index (χ4n) is 1.63. The Morgan fingerprint density at radius 2 is 2.26 bits per heavy atom. The first kappa shape index (κ1) is 14.5. The van der Waals surface area contributed by atoms with Crippen molar-refractivity contribution in [2.75, 3.05) is 5.75 Å². The number of aryl methyl sites for hydroxylation is 1. The van der Waals surface area contributed by atoms with Crippen molar-refractivity contribution in [3.05, 3.63) is 46.2 Å². The molecule has 2 rings (SSSR count). The molecule has 0 aliphatic carbocycles. The molecule has 0 saturated heterocycles. The smallest absolute Gasteiger partial charge is 0.136 e. The molecule has 0 saturated carbocycles. The lowest BCUT2D eigenvalue weighted by Crippen LogP contribution is -2.38. The van der Waals surface area contributed by atoms with Gasteiger partial charge in [0.1, 0.15) is 5.82 Å². The molecule has 0 amide bonds. The van der Waals surface area contributed by atoms with Crippen molar-refractivity contribution in [3.8, 4) is 0 Å². The Labute approximate surface area is 120 Å². The van der Waals surface area contributed by atoms with E-state index in [0.717, 1.165) is 17.1 Å². The van der Waals surface area contributed by atoms with E-state index in [0.29, 0.717) is 10.6 Å². The zero-order valence-corrected chi connectivity index (χ0v) is 12.2. The van der Waals surface area contributed by atoms with Gasteiger partial charge in [-0.25, -0.2) is 9.37 Å². The van der Waals surface area contributed by atoms with Crippen LogP contribution in [0.4, 0.5) is 4.39 Å². The molecule has 0 radical (unpaired) electrons. The lowest BCUT2D eigenvalue weighted by atomic mass is 10.2. The van der Waals surface area contributed by atoms with E-state index in [4.69, 9.17) is 5.84 Å². The molecule has 0 bridgehead atoms. The van der Waals surface area contributed by atoms with Crippen LogP contribution < -0.4 is 11.3 Å². The summed E-state index contributed by atoms with van der Waals surface area (Å²) in [5.41, 5.74) is 3.80. The molecule has 0 aliphatic rings. The first-order valence-corrected chi connectivity index (χ1v) is 7.80. The van der Waals surface area contributed by atoms with Crippen LogP contribution in [0.15, 0.2) is 34.5 Å². The van der Waals surface area contributed by atoms with Crippen molar-refractivity contribution in [3.63, 3.8) is 0 Å². The summed E-state index contributed by atoms with van der Waals surface area (Å²) in [5.74, 6) is 6.07. The van der Waals surface area contributed by atoms with Gasteiger partial charge in [-0.3, -0.25) is 11.3 Å². The standard InChI is InChI=1S/C13H16FN3S2/c1-9-7-19-13(16-9)6-10(17-15)8-18-12-5-3-2-4-11(12)14/h2-5,7,10,17H,6,8,15H2,1H3. The van der Waals surface area contributed by atoms with Crippen molar-refractivity contribution in [1.82, 2.24) is 10.4 Å². The number of thioether (sulfide) groups is 1. The van der Waals surface area contributed by atoms with Gasteiger partial charge in [-0.15, -0.1) is 23.1 Å². The third kappa shape index (κ3) is 4.28. The monoisotopic (exact) mass is 297 g/mol. The molecule has 2 aromatic rings. The average Bonchev–Trinajstić information content (AvgIpc) is 2.81. The summed E-state index contributed by atoms with van der Waals surface area (Å²) >= 11 is 3.09. The zero-order chi connectivity index (χ0) is 13.7. The minimum absolute atomic E-state index is 0.0788. The Hall–Kier alpha value is -0.950. The second kappa shape index (κ2) is 7.00. The first-order valence-electron chi connectivity index (χ1n) is 5.93. The molecule has 1 unspecified atom stereocenters. The van der Waals surface area contributed by atoms with Crippen molar-refractivity contribution >= 4 is 23.1 Å². The van der Waals surface area contributed by atoms with E-state index in [1.54, 1.807) is 23.5 Å². The van der Waals surface area contributed by atoms with Gasteiger partial charge in [-0.1, -0.05) is 12.1 Å². The van der Waals surface area contributed by atoms with E-state index >= 15 is 0 Å². The minimum atomic E-state index is -0.187. The molecule has 0 aliphatic heterocycles. The summed E-state index contributed by atoms with van der Waals surface area (Å²) in [6, 6.07) is 6.85. The Bertz CT molecular complexity index is 530. The number of thiazole rings is 1. The van der Waals surface area contributed by atoms with Gasteiger partial charge in [-0.05, 0) is 19.1 Å². The van der Waals surface area contributed by atoms with Crippen LogP contribution in [0.2, 0.25) is 0 Å². The van der Waals surface area contributed by atoms with Gasteiger partial charge in [0, 0.05) is 34.2 Å². The summed E-state index contributed by atoms with van der Waals surface area (Å²) in [7, 11) is 0. The molecule has 0 fully saturated rings. The Balaban J connectivity index is 1.91. The number of nitrogens with two attached hydrogens (primary N) is 1. The van der Waals surface area contributed by atoms with Gasteiger partial charge in [0.25, 0.3) is 0 Å². The molecule has 102 valence electrons. The predicted molar refractivity (Wildman–Crippen MR) is 78.8 cm³/mol. The number of benzene rings is 1. The molecule has 19 heavy (non-hydrogen) atoms. The van der Waals surface area contributed by atoms with Gasteiger partial charge in [-0.2, -0.15) is 0 Å². The van der Waals surface area contributed by atoms with Crippen LogP contribution in [-0.4, -0.2) is 16.8 Å². The molecule has 1 heterocycles. The third-order valence-corrected chi connectivity index (χ3v) is 4.80. The Morgan fingerprint density at radius 3 is 2.89 bits per heavy atom. The lowest BCUT2D eigenvalue weighted by molar-refractivity contribution is 0.571. The topological polar surface area (TPSA) is 50.9 Å². The molecule has 6 heteroatoms. The molecule has 0 spiro atoms. The van der Waals surface area contributed by atoms with Gasteiger partial charge < -0.3 is 0 Å². The highest BCUT2D eigenvalue weighted by Gasteiger charge is 2.12. The number of rotatable bonds is 6. The summed E-state index contributed by atoms with van der Waals surface area (Å²) in [5, 5.41) is 3.07. The zero-order valence-electron chi connectivity index (χ0n) is 10.6. The molecule has 1 atom stereocenters. The number of hydrogen-bond donors (Lipinski definition) is 2. The van der Waals surface area contributed by atoms with Crippen LogP contribution >= 0.6 is 23.1 Å². The highest BCUT2D eigenvalue weighted by atomic mass is 32.2. The van der Waals surface area contributed by atoms with E-state index in [2.05, 4.69) is 10.4 Å². The third-order valence-electron chi connectivity index (χ3n) is 2.60. The van der Waals surface area contributed by atoms with Crippen LogP contribution in [0.25, 0.3) is 0 Å². The molecular weight excluding hydrogens is 281 g/mol. The maximum absolute atomic E-state index is 13.5. The second-order valence-corrected chi connectivity index (χ2v) is 6.20. The summed E-state index contributed by atoms with van der Waals surface area (Å²) in [4.78, 5) is 5.06. The molecule has 3 nitrogen and oxygen atoms in total. The first-order chi connectivity index (χ1) is 9.19. The fraction of sp³-hybridized carbons (Fsp3) is 0.308. The van der Waals surface area contributed by atoms with Crippen LogP contribution in [0.1, 0.15) is 10.7 Å². The van der Waals surface area contributed by atoms with Gasteiger partial charge in [0.05, 0.1) is 5.01 Å². The SMILES string of the molecule is Cc1csc(CC(CSc2ccccc2F)NN)n1. The summed E-state index contributed by atoms with van der Waals surface area (Å²) in [6.07, 6.45) is 0.760. The minimum Gasteiger partial charge on any atom is -0.271 e. The molecule has 1 aromatic heterocycles. The summed E-state index contributed by atoms with van der Waals surface area (Å²) < 4.78 is 13.5.